The summed E-state index contributed by atoms with van der Waals surface area (Å²) in [4.78, 5) is 19.5. The number of rotatable bonds is 10. The van der Waals surface area contributed by atoms with Gasteiger partial charge in [0.05, 0.1) is 28.8 Å². The van der Waals surface area contributed by atoms with E-state index in [4.69, 9.17) is 5.10 Å². The summed E-state index contributed by atoms with van der Waals surface area (Å²) in [7, 11) is 4.04. The Hall–Kier alpha value is -5.22. The molecule has 0 atom stereocenters. The molecule has 2 aliphatic carbocycles. The predicted octanol–water partition coefficient (Wildman–Crippen LogP) is 8.09. The molecule has 1 amide bonds. The molecule has 5 N–H and O–H groups in total. The summed E-state index contributed by atoms with van der Waals surface area (Å²) in [6, 6.07) is 11.4. The Morgan fingerprint density at radius 3 is 2.63 bits per heavy atom. The monoisotopic (exact) mass is 686 g/mol. The van der Waals surface area contributed by atoms with Crippen LogP contribution < -0.4 is 21.3 Å². The van der Waals surface area contributed by atoms with E-state index in [9.17, 15) is 9.18 Å². The quantitative estimate of drug-likeness (QED) is 0.115. The maximum absolute atomic E-state index is 14.9. The van der Waals surface area contributed by atoms with Gasteiger partial charge < -0.3 is 26.2 Å². The highest BCUT2D eigenvalue weighted by atomic mass is 19.1. The first-order chi connectivity index (χ1) is 24.7. The zero-order valence-corrected chi connectivity index (χ0v) is 29.9. The molecule has 2 aromatic heterocycles. The van der Waals surface area contributed by atoms with E-state index in [0.717, 1.165) is 86.6 Å². The van der Waals surface area contributed by atoms with Gasteiger partial charge in [0.25, 0.3) is 0 Å². The van der Waals surface area contributed by atoms with Crippen molar-refractivity contribution in [2.45, 2.75) is 58.8 Å². The Labute approximate surface area is 299 Å². The zero-order chi connectivity index (χ0) is 35.5. The van der Waals surface area contributed by atoms with Crippen LogP contribution >= 0.6 is 0 Å². The highest BCUT2D eigenvalue weighted by Gasteiger charge is 2.24. The number of aromatic nitrogens is 3. The van der Waals surface area contributed by atoms with Gasteiger partial charge in [0, 0.05) is 66.2 Å². The summed E-state index contributed by atoms with van der Waals surface area (Å²) in [5, 5.41) is 22.6. The van der Waals surface area contributed by atoms with Gasteiger partial charge in [-0.1, -0.05) is 37.0 Å². The Kier molecular flexibility index (Phi) is 10.0. The first kappa shape index (κ1) is 34.2. The van der Waals surface area contributed by atoms with Crippen LogP contribution in [0.25, 0.3) is 33.3 Å². The van der Waals surface area contributed by atoms with Gasteiger partial charge in [-0.05, 0) is 99.8 Å². The molecule has 264 valence electrons. The number of H-pyrrole nitrogens is 1. The standard InChI is InChI=1S/C41H47FN8O/c1-25-10-11-33(28-17-30(42)20-31(18-28)44-12-13-50(3)4)40-37(14-25)47-38(24-45-40)41-35-21-34(26(2)15-36(35)48-49-41)29-19-32(23-43-22-29)46-39(51)16-27-8-6-5-7-9-27/h10-11,15,17-24,27,44-45,47H,5-9,12-14,16H2,1-4H3,(H,46,51)(H,48,49). The van der Waals surface area contributed by atoms with Crippen molar-refractivity contribution in [3.8, 4) is 11.1 Å². The molecule has 4 aromatic rings. The van der Waals surface area contributed by atoms with Crippen LogP contribution in [-0.4, -0.2) is 53.2 Å². The van der Waals surface area contributed by atoms with Crippen molar-refractivity contribution in [2.75, 3.05) is 37.8 Å². The topological polar surface area (TPSA) is 110 Å². The number of amides is 1. The fraction of sp³-hybridized carbons (Fsp3) is 0.341. The molecule has 1 aliphatic heterocycles. The lowest BCUT2D eigenvalue weighted by Gasteiger charge is -2.25. The highest BCUT2D eigenvalue weighted by Crippen LogP contribution is 2.36. The number of pyridine rings is 1. The first-order valence-corrected chi connectivity index (χ1v) is 18.0. The van der Waals surface area contributed by atoms with Gasteiger partial charge in [-0.15, -0.1) is 0 Å². The number of halogens is 1. The van der Waals surface area contributed by atoms with Crippen molar-refractivity contribution < 1.29 is 9.18 Å². The number of allylic oxidation sites excluding steroid dienone is 4. The van der Waals surface area contributed by atoms with Crippen molar-refractivity contribution in [1.29, 1.82) is 0 Å². The number of hydrogen-bond acceptors (Lipinski definition) is 7. The predicted molar refractivity (Wildman–Crippen MR) is 205 cm³/mol. The zero-order valence-electron chi connectivity index (χ0n) is 29.9. The number of likely N-dealkylation sites (N-methyl/N-ethyl adjacent to an activating group) is 1. The maximum atomic E-state index is 14.9. The van der Waals surface area contributed by atoms with Crippen molar-refractivity contribution in [2.24, 2.45) is 5.92 Å². The van der Waals surface area contributed by atoms with Gasteiger partial charge in [-0.3, -0.25) is 14.9 Å². The van der Waals surface area contributed by atoms with E-state index in [-0.39, 0.29) is 11.7 Å². The smallest absolute Gasteiger partial charge is 0.224 e. The lowest BCUT2D eigenvalue weighted by atomic mass is 9.87. The Morgan fingerprint density at radius 1 is 0.980 bits per heavy atom. The first-order valence-electron chi connectivity index (χ1n) is 18.0. The molecule has 51 heavy (non-hydrogen) atoms. The molecule has 7 rings (SSSR count). The average Bonchev–Trinajstić information content (AvgIpc) is 3.42. The normalized spacial score (nSPS) is 16.5. The van der Waals surface area contributed by atoms with Gasteiger partial charge in [-0.25, -0.2) is 4.39 Å². The van der Waals surface area contributed by atoms with E-state index in [0.29, 0.717) is 31.0 Å². The summed E-state index contributed by atoms with van der Waals surface area (Å²) >= 11 is 0. The van der Waals surface area contributed by atoms with E-state index in [2.05, 4.69) is 74.4 Å². The van der Waals surface area contributed by atoms with E-state index in [1.165, 1.54) is 30.9 Å². The van der Waals surface area contributed by atoms with Crippen LogP contribution in [0.2, 0.25) is 0 Å². The molecule has 0 radical (unpaired) electrons. The van der Waals surface area contributed by atoms with Crippen molar-refractivity contribution in [3.63, 3.8) is 0 Å². The third-order valence-corrected chi connectivity index (χ3v) is 10.00. The summed E-state index contributed by atoms with van der Waals surface area (Å²) in [6.07, 6.45) is 16.9. The molecule has 1 fully saturated rings. The minimum atomic E-state index is -0.287. The molecule has 1 saturated carbocycles. The SMILES string of the molecule is CC1=CC=C(c2cc(F)cc(NCCN(C)C)c2)C2=C(C1)NC(c1n[nH]c3cc(C)c(-c4cncc(NC(=O)CC5CCCCC5)c4)cc13)=CN2. The number of carbonyl (C=O) groups is 1. The average molecular weight is 687 g/mol. The fourth-order valence-electron chi connectivity index (χ4n) is 7.36. The van der Waals surface area contributed by atoms with Crippen LogP contribution in [0.3, 0.4) is 0 Å². The molecule has 10 heteroatoms. The number of anilines is 2. The molecule has 0 spiro atoms. The lowest BCUT2D eigenvalue weighted by molar-refractivity contribution is -0.117. The second kappa shape index (κ2) is 14.9. The molecule has 9 nitrogen and oxygen atoms in total. The maximum Gasteiger partial charge on any atom is 0.224 e. The molecular weight excluding hydrogens is 640 g/mol. The lowest BCUT2D eigenvalue weighted by Crippen LogP contribution is -2.26. The summed E-state index contributed by atoms with van der Waals surface area (Å²) in [6.45, 7) is 5.73. The van der Waals surface area contributed by atoms with Crippen molar-refractivity contribution in [3.05, 3.63) is 107 Å². The molecule has 3 heterocycles. The van der Waals surface area contributed by atoms with Crippen LogP contribution in [-0.2, 0) is 4.79 Å². The summed E-state index contributed by atoms with van der Waals surface area (Å²) in [5.41, 5.74) is 11.8. The van der Waals surface area contributed by atoms with Crippen LogP contribution in [0.4, 0.5) is 15.8 Å². The third-order valence-electron chi connectivity index (χ3n) is 10.00. The van der Waals surface area contributed by atoms with Crippen LogP contribution in [0.5, 0.6) is 0 Å². The minimum Gasteiger partial charge on any atom is -0.384 e. The summed E-state index contributed by atoms with van der Waals surface area (Å²) < 4.78 is 14.9. The van der Waals surface area contributed by atoms with E-state index in [1.54, 1.807) is 12.3 Å². The number of aryl methyl sites for hydroxylation is 1. The largest absolute Gasteiger partial charge is 0.384 e. The molecule has 0 unspecified atom stereocenters. The fourth-order valence-corrected chi connectivity index (χ4v) is 7.36. The minimum absolute atomic E-state index is 0.0535. The van der Waals surface area contributed by atoms with Gasteiger partial charge in [-0.2, -0.15) is 5.10 Å². The number of fused-ring (bicyclic) bond motifs is 1. The Morgan fingerprint density at radius 2 is 1.80 bits per heavy atom. The van der Waals surface area contributed by atoms with Crippen LogP contribution in [0, 0.1) is 18.7 Å². The second-order valence-electron chi connectivity index (χ2n) is 14.4. The van der Waals surface area contributed by atoms with Crippen molar-refractivity contribution in [1.82, 2.24) is 30.7 Å². The highest BCUT2D eigenvalue weighted by molar-refractivity contribution is 5.96. The number of aromatic amines is 1. The number of nitrogens with one attached hydrogen (secondary N) is 5. The Bertz CT molecular complexity index is 2080. The summed E-state index contributed by atoms with van der Waals surface area (Å²) in [5.74, 6) is 0.236. The molecule has 3 aliphatic rings. The molecule has 0 saturated heterocycles. The Balaban J connectivity index is 1.14. The van der Waals surface area contributed by atoms with Gasteiger partial charge in [0.2, 0.25) is 5.91 Å². The molecular formula is C41H47FN8O. The van der Waals surface area contributed by atoms with Crippen LogP contribution in [0.15, 0.2) is 84.1 Å². The second-order valence-corrected chi connectivity index (χ2v) is 14.4. The van der Waals surface area contributed by atoms with Gasteiger partial charge in [0.1, 0.15) is 11.5 Å². The van der Waals surface area contributed by atoms with Gasteiger partial charge >= 0.3 is 0 Å². The van der Waals surface area contributed by atoms with Crippen LogP contribution in [0.1, 0.15) is 68.7 Å². The van der Waals surface area contributed by atoms with E-state index >= 15 is 0 Å². The van der Waals surface area contributed by atoms with E-state index in [1.807, 2.05) is 38.6 Å². The van der Waals surface area contributed by atoms with E-state index < -0.39 is 0 Å². The molecule has 2 aromatic carbocycles. The molecule has 0 bridgehead atoms. The number of nitrogens with zero attached hydrogens (tertiary/aromatic N) is 3. The number of hydrogen-bond donors (Lipinski definition) is 5. The number of carbonyl (C=O) groups excluding carboxylic acids is 1. The van der Waals surface area contributed by atoms with Gasteiger partial charge in [0.15, 0.2) is 0 Å². The van der Waals surface area contributed by atoms with Crippen molar-refractivity contribution >= 4 is 39.5 Å². The number of benzene rings is 2. The third kappa shape index (κ3) is 7.91.